The zero-order chi connectivity index (χ0) is 10.7. The summed E-state index contributed by atoms with van der Waals surface area (Å²) < 4.78 is 5.99. The molecule has 0 saturated carbocycles. The molecule has 0 aromatic carbocycles. The molecule has 2 aliphatic rings. The number of hydrogen-bond acceptors (Lipinski definition) is 3. The second-order valence-corrected chi connectivity index (χ2v) is 5.25. The zero-order valence-corrected chi connectivity index (χ0v) is 10.1. The van der Waals surface area contributed by atoms with E-state index in [1.165, 1.54) is 38.9 Å². The van der Waals surface area contributed by atoms with Crippen LogP contribution >= 0.6 is 0 Å². The third-order valence-electron chi connectivity index (χ3n) is 3.75. The minimum atomic E-state index is 0.509. The summed E-state index contributed by atoms with van der Waals surface area (Å²) in [5.41, 5.74) is 0. The normalized spacial score (nSPS) is 31.2. The Morgan fingerprint density at radius 1 is 1.00 bits per heavy atom. The second kappa shape index (κ2) is 5.28. The lowest BCUT2D eigenvalue weighted by Gasteiger charge is -2.29. The van der Waals surface area contributed by atoms with E-state index in [4.69, 9.17) is 4.74 Å². The van der Waals surface area contributed by atoms with Crippen molar-refractivity contribution < 1.29 is 4.74 Å². The minimum absolute atomic E-state index is 0.509. The Morgan fingerprint density at radius 2 is 1.67 bits per heavy atom. The van der Waals surface area contributed by atoms with Crippen LogP contribution in [0, 0.1) is 5.92 Å². The number of rotatable bonds is 3. The molecule has 3 nitrogen and oxygen atoms in total. The van der Waals surface area contributed by atoms with E-state index in [1.807, 2.05) is 0 Å². The predicted molar refractivity (Wildman–Crippen MR) is 62.1 cm³/mol. The summed E-state index contributed by atoms with van der Waals surface area (Å²) in [6, 6.07) is 0. The monoisotopic (exact) mass is 212 g/mol. The van der Waals surface area contributed by atoms with Crippen molar-refractivity contribution in [3.63, 3.8) is 0 Å². The molecular formula is C12H24N2O. The predicted octanol–water partition coefficient (Wildman–Crippen LogP) is 1.05. The fraction of sp³-hybridized carbons (Fsp3) is 1.00. The summed E-state index contributed by atoms with van der Waals surface area (Å²) in [4.78, 5) is 4.78. The molecule has 15 heavy (non-hydrogen) atoms. The Morgan fingerprint density at radius 3 is 2.27 bits per heavy atom. The number of likely N-dealkylation sites (N-methyl/N-ethyl adjacent to an activating group) is 1. The van der Waals surface area contributed by atoms with E-state index in [9.17, 15) is 0 Å². The van der Waals surface area contributed by atoms with Gasteiger partial charge in [-0.2, -0.15) is 0 Å². The first kappa shape index (κ1) is 11.4. The molecule has 0 aromatic rings. The molecule has 2 aliphatic heterocycles. The highest BCUT2D eigenvalue weighted by atomic mass is 16.5. The van der Waals surface area contributed by atoms with Crippen LogP contribution in [-0.4, -0.2) is 62.8 Å². The van der Waals surface area contributed by atoms with E-state index in [1.54, 1.807) is 0 Å². The molecule has 2 saturated heterocycles. The van der Waals surface area contributed by atoms with Gasteiger partial charge < -0.3 is 14.5 Å². The Labute approximate surface area is 93.4 Å². The summed E-state index contributed by atoms with van der Waals surface area (Å²) in [6.07, 6.45) is 4.37. The molecule has 2 heterocycles. The molecule has 0 N–H and O–H groups in total. The van der Waals surface area contributed by atoms with Crippen LogP contribution in [0.1, 0.15) is 19.3 Å². The molecule has 0 aliphatic carbocycles. The molecule has 88 valence electrons. The molecule has 0 bridgehead atoms. The molecular weight excluding hydrogens is 188 g/mol. The van der Waals surface area contributed by atoms with Crippen molar-refractivity contribution in [3.05, 3.63) is 0 Å². The molecule has 0 radical (unpaired) electrons. The van der Waals surface area contributed by atoms with Crippen LogP contribution < -0.4 is 0 Å². The highest BCUT2D eigenvalue weighted by molar-refractivity contribution is 4.75. The summed E-state index contributed by atoms with van der Waals surface area (Å²) in [7, 11) is 4.39. The van der Waals surface area contributed by atoms with E-state index < -0.39 is 0 Å². The average Bonchev–Trinajstić information content (AvgIpc) is 2.64. The van der Waals surface area contributed by atoms with Crippen molar-refractivity contribution in [1.29, 1.82) is 0 Å². The summed E-state index contributed by atoms with van der Waals surface area (Å²) in [5, 5.41) is 0. The lowest BCUT2D eigenvalue weighted by molar-refractivity contribution is 0.0209. The standard InChI is InChI=1S/C12H24N2O/c1-13-6-3-11(4-7-13)10-15-12-5-8-14(2)9-12/h11-12H,3-10H2,1-2H3. The zero-order valence-electron chi connectivity index (χ0n) is 10.1. The van der Waals surface area contributed by atoms with Crippen molar-refractivity contribution in [2.45, 2.75) is 25.4 Å². The molecule has 0 amide bonds. The van der Waals surface area contributed by atoms with Gasteiger partial charge in [-0.15, -0.1) is 0 Å². The fourth-order valence-electron chi connectivity index (χ4n) is 2.53. The maximum absolute atomic E-state index is 5.99. The third kappa shape index (κ3) is 3.44. The van der Waals surface area contributed by atoms with Crippen LogP contribution in [0.3, 0.4) is 0 Å². The maximum Gasteiger partial charge on any atom is 0.0714 e. The van der Waals surface area contributed by atoms with Gasteiger partial charge in [0, 0.05) is 19.7 Å². The fourth-order valence-corrected chi connectivity index (χ4v) is 2.53. The average molecular weight is 212 g/mol. The molecule has 2 fully saturated rings. The largest absolute Gasteiger partial charge is 0.377 e. The van der Waals surface area contributed by atoms with Gasteiger partial charge in [0.15, 0.2) is 0 Å². The number of piperidine rings is 1. The first-order chi connectivity index (χ1) is 7.24. The molecule has 3 heteroatoms. The topological polar surface area (TPSA) is 15.7 Å². The number of nitrogens with zero attached hydrogens (tertiary/aromatic N) is 2. The van der Waals surface area contributed by atoms with Crippen molar-refractivity contribution in [1.82, 2.24) is 9.80 Å². The SMILES string of the molecule is CN1CCC(COC2CCN(C)C2)CC1. The van der Waals surface area contributed by atoms with Gasteiger partial charge in [0.05, 0.1) is 6.10 Å². The number of ether oxygens (including phenoxy) is 1. The Balaban J connectivity index is 1.61. The Hall–Kier alpha value is -0.120. The van der Waals surface area contributed by atoms with Crippen LogP contribution in [0.15, 0.2) is 0 Å². The molecule has 0 spiro atoms. The lowest BCUT2D eigenvalue weighted by atomic mass is 9.98. The first-order valence-corrected chi connectivity index (χ1v) is 6.22. The van der Waals surface area contributed by atoms with Gasteiger partial charge in [-0.1, -0.05) is 0 Å². The quantitative estimate of drug-likeness (QED) is 0.695. The van der Waals surface area contributed by atoms with Gasteiger partial charge >= 0.3 is 0 Å². The van der Waals surface area contributed by atoms with Gasteiger partial charge in [-0.25, -0.2) is 0 Å². The highest BCUT2D eigenvalue weighted by Gasteiger charge is 2.22. The maximum atomic E-state index is 5.99. The van der Waals surface area contributed by atoms with Crippen LogP contribution in [0.4, 0.5) is 0 Å². The molecule has 2 rings (SSSR count). The first-order valence-electron chi connectivity index (χ1n) is 6.22. The van der Waals surface area contributed by atoms with E-state index in [0.29, 0.717) is 6.10 Å². The lowest BCUT2D eigenvalue weighted by Crippen LogP contribution is -2.33. The molecule has 1 unspecified atom stereocenters. The van der Waals surface area contributed by atoms with Crippen molar-refractivity contribution in [2.75, 3.05) is 46.9 Å². The third-order valence-corrected chi connectivity index (χ3v) is 3.75. The van der Waals surface area contributed by atoms with Gasteiger partial charge in [-0.3, -0.25) is 0 Å². The van der Waals surface area contributed by atoms with Crippen molar-refractivity contribution >= 4 is 0 Å². The molecule has 0 aromatic heterocycles. The van der Waals surface area contributed by atoms with E-state index in [-0.39, 0.29) is 0 Å². The summed E-state index contributed by atoms with van der Waals surface area (Å²) in [5.74, 6) is 0.812. The van der Waals surface area contributed by atoms with Crippen LogP contribution in [-0.2, 0) is 4.74 Å². The van der Waals surface area contributed by atoms with Crippen LogP contribution in [0.25, 0.3) is 0 Å². The highest BCUT2D eigenvalue weighted by Crippen LogP contribution is 2.18. The van der Waals surface area contributed by atoms with Gasteiger partial charge in [-0.05, 0) is 52.4 Å². The minimum Gasteiger partial charge on any atom is -0.377 e. The Bertz CT molecular complexity index is 190. The number of hydrogen-bond donors (Lipinski definition) is 0. The summed E-state index contributed by atoms with van der Waals surface area (Å²) >= 11 is 0. The van der Waals surface area contributed by atoms with E-state index >= 15 is 0 Å². The van der Waals surface area contributed by atoms with Crippen LogP contribution in [0.5, 0.6) is 0 Å². The van der Waals surface area contributed by atoms with Crippen LogP contribution in [0.2, 0.25) is 0 Å². The van der Waals surface area contributed by atoms with E-state index in [2.05, 4.69) is 23.9 Å². The summed E-state index contributed by atoms with van der Waals surface area (Å²) in [6.45, 7) is 5.83. The smallest absolute Gasteiger partial charge is 0.0714 e. The van der Waals surface area contributed by atoms with Gasteiger partial charge in [0.25, 0.3) is 0 Å². The van der Waals surface area contributed by atoms with E-state index in [0.717, 1.165) is 19.1 Å². The van der Waals surface area contributed by atoms with Gasteiger partial charge in [0.2, 0.25) is 0 Å². The second-order valence-electron chi connectivity index (χ2n) is 5.25. The number of likely N-dealkylation sites (tertiary alicyclic amines) is 2. The van der Waals surface area contributed by atoms with Crippen molar-refractivity contribution in [2.24, 2.45) is 5.92 Å². The van der Waals surface area contributed by atoms with Gasteiger partial charge in [0.1, 0.15) is 0 Å². The molecule has 1 atom stereocenters. The van der Waals surface area contributed by atoms with Crippen molar-refractivity contribution in [3.8, 4) is 0 Å². The Kier molecular flexibility index (Phi) is 4.00.